The number of rotatable bonds is 5. The van der Waals surface area contributed by atoms with Gasteiger partial charge in [0.05, 0.1) is 12.0 Å². The van der Waals surface area contributed by atoms with Gasteiger partial charge in [-0.05, 0) is 37.7 Å². The van der Waals surface area contributed by atoms with Gasteiger partial charge in [-0.15, -0.1) is 0 Å². The molecule has 1 aliphatic rings. The minimum absolute atomic E-state index is 0.0211. The van der Waals surface area contributed by atoms with Gasteiger partial charge in [-0.25, -0.2) is 0 Å². The number of amides is 1. The van der Waals surface area contributed by atoms with E-state index in [1.807, 2.05) is 18.2 Å². The van der Waals surface area contributed by atoms with Crippen LogP contribution in [0.3, 0.4) is 0 Å². The molecule has 3 atom stereocenters. The molecular formula is C16H23NO2. The maximum atomic E-state index is 12.1. The zero-order valence-electron chi connectivity index (χ0n) is 11.5. The van der Waals surface area contributed by atoms with Crippen LogP contribution in [0.15, 0.2) is 30.3 Å². The van der Waals surface area contributed by atoms with Gasteiger partial charge in [0.2, 0.25) is 5.91 Å². The molecule has 3 nitrogen and oxygen atoms in total. The van der Waals surface area contributed by atoms with Gasteiger partial charge in [0.1, 0.15) is 0 Å². The Hall–Kier alpha value is -1.35. The topological polar surface area (TPSA) is 49.3 Å². The quantitative estimate of drug-likeness (QED) is 0.854. The highest BCUT2D eigenvalue weighted by Crippen LogP contribution is 2.25. The number of benzene rings is 1. The SMILES string of the molecule is CCC(Cc1ccccc1)NC(=O)C1CCCC1O. The minimum Gasteiger partial charge on any atom is -0.392 e. The molecule has 0 radical (unpaired) electrons. The summed E-state index contributed by atoms with van der Waals surface area (Å²) >= 11 is 0. The van der Waals surface area contributed by atoms with Crippen LogP contribution in [-0.2, 0) is 11.2 Å². The van der Waals surface area contributed by atoms with Crippen molar-refractivity contribution in [1.82, 2.24) is 5.32 Å². The van der Waals surface area contributed by atoms with Crippen LogP contribution >= 0.6 is 0 Å². The molecule has 1 aliphatic carbocycles. The van der Waals surface area contributed by atoms with Gasteiger partial charge in [0.15, 0.2) is 0 Å². The van der Waals surface area contributed by atoms with E-state index in [0.717, 1.165) is 32.1 Å². The second-order valence-corrected chi connectivity index (χ2v) is 5.41. The van der Waals surface area contributed by atoms with Gasteiger partial charge in [-0.2, -0.15) is 0 Å². The van der Waals surface area contributed by atoms with Gasteiger partial charge in [-0.3, -0.25) is 4.79 Å². The van der Waals surface area contributed by atoms with Crippen LogP contribution < -0.4 is 5.32 Å². The maximum absolute atomic E-state index is 12.1. The lowest BCUT2D eigenvalue weighted by molar-refractivity contribution is -0.128. The molecule has 0 aromatic heterocycles. The molecule has 2 rings (SSSR count). The molecule has 3 unspecified atom stereocenters. The van der Waals surface area contributed by atoms with Crippen molar-refractivity contribution in [3.63, 3.8) is 0 Å². The number of hydrogen-bond acceptors (Lipinski definition) is 2. The maximum Gasteiger partial charge on any atom is 0.225 e. The Bertz CT molecular complexity index is 404. The first-order valence-corrected chi connectivity index (χ1v) is 7.23. The average Bonchev–Trinajstić information content (AvgIpc) is 2.85. The van der Waals surface area contributed by atoms with Crippen molar-refractivity contribution >= 4 is 5.91 Å². The van der Waals surface area contributed by atoms with Crippen molar-refractivity contribution in [2.24, 2.45) is 5.92 Å². The van der Waals surface area contributed by atoms with E-state index in [9.17, 15) is 9.90 Å². The lowest BCUT2D eigenvalue weighted by atomic mass is 10.0. The van der Waals surface area contributed by atoms with E-state index in [1.165, 1.54) is 5.56 Å². The van der Waals surface area contributed by atoms with E-state index >= 15 is 0 Å². The van der Waals surface area contributed by atoms with E-state index in [0.29, 0.717) is 0 Å². The molecule has 3 heteroatoms. The predicted octanol–water partition coefficient (Wildman–Crippen LogP) is 2.28. The number of aliphatic hydroxyl groups excluding tert-OH is 1. The fourth-order valence-electron chi connectivity index (χ4n) is 2.75. The molecule has 1 fully saturated rings. The molecule has 1 amide bonds. The lowest BCUT2D eigenvalue weighted by Crippen LogP contribution is -2.42. The van der Waals surface area contributed by atoms with Crippen molar-refractivity contribution in [1.29, 1.82) is 0 Å². The van der Waals surface area contributed by atoms with Crippen LogP contribution in [0.5, 0.6) is 0 Å². The summed E-state index contributed by atoms with van der Waals surface area (Å²) in [5.41, 5.74) is 1.24. The molecule has 0 spiro atoms. The zero-order chi connectivity index (χ0) is 13.7. The third-order valence-corrected chi connectivity index (χ3v) is 3.98. The molecule has 1 saturated carbocycles. The fourth-order valence-corrected chi connectivity index (χ4v) is 2.75. The Kier molecular flexibility index (Phi) is 4.97. The number of aliphatic hydroxyl groups is 1. The first-order valence-electron chi connectivity index (χ1n) is 7.23. The van der Waals surface area contributed by atoms with Crippen molar-refractivity contribution in [3.8, 4) is 0 Å². The summed E-state index contributed by atoms with van der Waals surface area (Å²) < 4.78 is 0. The van der Waals surface area contributed by atoms with Gasteiger partial charge in [0.25, 0.3) is 0 Å². The van der Waals surface area contributed by atoms with Crippen LogP contribution in [0, 0.1) is 5.92 Å². The molecule has 2 N–H and O–H groups in total. The Morgan fingerprint density at radius 2 is 2.11 bits per heavy atom. The molecule has 19 heavy (non-hydrogen) atoms. The first kappa shape index (κ1) is 14.1. The third-order valence-electron chi connectivity index (χ3n) is 3.98. The average molecular weight is 261 g/mol. The van der Waals surface area contributed by atoms with E-state index in [1.54, 1.807) is 0 Å². The minimum atomic E-state index is -0.450. The van der Waals surface area contributed by atoms with Crippen molar-refractivity contribution in [2.75, 3.05) is 0 Å². The summed E-state index contributed by atoms with van der Waals surface area (Å²) in [5, 5.41) is 12.9. The third kappa shape index (κ3) is 3.80. The van der Waals surface area contributed by atoms with Gasteiger partial charge >= 0.3 is 0 Å². The van der Waals surface area contributed by atoms with Crippen LogP contribution in [0.25, 0.3) is 0 Å². The van der Waals surface area contributed by atoms with Crippen LogP contribution in [0.1, 0.15) is 38.2 Å². The van der Waals surface area contributed by atoms with E-state index in [4.69, 9.17) is 0 Å². The Morgan fingerprint density at radius 3 is 2.68 bits per heavy atom. The molecule has 0 heterocycles. The van der Waals surface area contributed by atoms with Crippen molar-refractivity contribution < 1.29 is 9.90 Å². The molecule has 0 bridgehead atoms. The summed E-state index contributed by atoms with van der Waals surface area (Å²) in [6, 6.07) is 10.4. The molecular weight excluding hydrogens is 238 g/mol. The summed E-state index contributed by atoms with van der Waals surface area (Å²) in [4.78, 5) is 12.1. The molecule has 104 valence electrons. The highest BCUT2D eigenvalue weighted by Gasteiger charge is 2.32. The predicted molar refractivity (Wildman–Crippen MR) is 75.7 cm³/mol. The molecule has 0 aliphatic heterocycles. The van der Waals surface area contributed by atoms with Crippen LogP contribution in [0.2, 0.25) is 0 Å². The number of nitrogens with one attached hydrogen (secondary N) is 1. The summed E-state index contributed by atoms with van der Waals surface area (Å²) in [5.74, 6) is -0.183. The van der Waals surface area contributed by atoms with Gasteiger partial charge < -0.3 is 10.4 Å². The standard InChI is InChI=1S/C16H23NO2/c1-2-13(11-12-7-4-3-5-8-12)17-16(19)14-9-6-10-15(14)18/h3-5,7-8,13-15,18H,2,6,9-11H2,1H3,(H,17,19). The zero-order valence-corrected chi connectivity index (χ0v) is 11.5. The Morgan fingerprint density at radius 1 is 1.37 bits per heavy atom. The van der Waals surface area contributed by atoms with Crippen LogP contribution in [-0.4, -0.2) is 23.2 Å². The van der Waals surface area contributed by atoms with Gasteiger partial charge in [-0.1, -0.05) is 37.3 Å². The van der Waals surface area contributed by atoms with Crippen molar-refractivity contribution in [2.45, 2.75) is 51.2 Å². The second-order valence-electron chi connectivity index (χ2n) is 5.41. The summed E-state index contributed by atoms with van der Waals surface area (Å²) in [7, 11) is 0. The first-order chi connectivity index (χ1) is 9.20. The fraction of sp³-hybridized carbons (Fsp3) is 0.562. The monoisotopic (exact) mass is 261 g/mol. The van der Waals surface area contributed by atoms with Gasteiger partial charge in [0, 0.05) is 6.04 Å². The van der Waals surface area contributed by atoms with E-state index in [2.05, 4.69) is 24.4 Å². The Labute approximate surface area is 115 Å². The summed E-state index contributed by atoms with van der Waals surface area (Å²) in [6.07, 6.45) is 3.83. The highest BCUT2D eigenvalue weighted by molar-refractivity contribution is 5.79. The number of hydrogen-bond donors (Lipinski definition) is 2. The van der Waals surface area contributed by atoms with E-state index < -0.39 is 6.10 Å². The second kappa shape index (κ2) is 6.71. The smallest absolute Gasteiger partial charge is 0.225 e. The molecule has 0 saturated heterocycles. The van der Waals surface area contributed by atoms with Crippen molar-refractivity contribution in [3.05, 3.63) is 35.9 Å². The molecule has 1 aromatic carbocycles. The summed E-state index contributed by atoms with van der Waals surface area (Å²) in [6.45, 7) is 2.08. The highest BCUT2D eigenvalue weighted by atomic mass is 16.3. The lowest BCUT2D eigenvalue weighted by Gasteiger charge is -2.21. The largest absolute Gasteiger partial charge is 0.392 e. The number of carbonyl (C=O) groups is 1. The van der Waals surface area contributed by atoms with E-state index in [-0.39, 0.29) is 17.9 Å². The number of carbonyl (C=O) groups excluding carboxylic acids is 1. The normalized spacial score (nSPS) is 24.1. The Balaban J connectivity index is 1.90. The molecule has 1 aromatic rings. The van der Waals surface area contributed by atoms with Crippen LogP contribution in [0.4, 0.5) is 0 Å².